The number of hydrogen-bond donors (Lipinski definition) is 0. The summed E-state index contributed by atoms with van der Waals surface area (Å²) in [5, 5.41) is 0. The van der Waals surface area contributed by atoms with Crippen LogP contribution in [-0.4, -0.2) is 48.6 Å². The highest BCUT2D eigenvalue weighted by atomic mass is 16.6. The van der Waals surface area contributed by atoms with E-state index in [-0.39, 0.29) is 37.3 Å². The predicted octanol–water partition coefficient (Wildman–Crippen LogP) is 2.52. The lowest BCUT2D eigenvalue weighted by molar-refractivity contribution is -0.206. The van der Waals surface area contributed by atoms with Crippen LogP contribution in [0.4, 0.5) is 0 Å². The van der Waals surface area contributed by atoms with Gasteiger partial charge in [-0.05, 0) is 30.7 Å². The smallest absolute Gasteiger partial charge is 0.313 e. The summed E-state index contributed by atoms with van der Waals surface area (Å²) in [4.78, 5) is 51.1. The van der Waals surface area contributed by atoms with Gasteiger partial charge in [0.2, 0.25) is 0 Å². The number of ether oxygens (including phenoxy) is 4. The first kappa shape index (κ1) is 22.1. The van der Waals surface area contributed by atoms with Crippen LogP contribution < -0.4 is 0 Å². The zero-order valence-electron chi connectivity index (χ0n) is 19.0. The Morgan fingerprint density at radius 1 is 1.18 bits per heavy atom. The highest BCUT2D eigenvalue weighted by Gasteiger charge is 2.81. The maximum atomic E-state index is 13.8. The lowest BCUT2D eigenvalue weighted by Crippen LogP contribution is -2.70. The van der Waals surface area contributed by atoms with Crippen LogP contribution in [0.25, 0.3) is 0 Å². The fourth-order valence-corrected chi connectivity index (χ4v) is 6.89. The van der Waals surface area contributed by atoms with Gasteiger partial charge in [0.25, 0.3) is 0 Å². The van der Waals surface area contributed by atoms with E-state index in [1.807, 2.05) is 6.92 Å². The molecule has 1 aromatic heterocycles. The fourth-order valence-electron chi connectivity index (χ4n) is 6.89. The van der Waals surface area contributed by atoms with Gasteiger partial charge in [0.05, 0.1) is 24.5 Å². The minimum atomic E-state index is -1.30. The van der Waals surface area contributed by atoms with Gasteiger partial charge in [-0.1, -0.05) is 6.92 Å². The first-order valence-corrected chi connectivity index (χ1v) is 11.4. The van der Waals surface area contributed by atoms with E-state index in [1.54, 1.807) is 12.3 Å². The summed E-state index contributed by atoms with van der Waals surface area (Å²) < 4.78 is 28.1. The predicted molar refractivity (Wildman–Crippen MR) is 109 cm³/mol. The van der Waals surface area contributed by atoms with Gasteiger partial charge in [0, 0.05) is 32.3 Å². The third-order valence-electron chi connectivity index (χ3n) is 8.41. The van der Waals surface area contributed by atoms with E-state index in [0.29, 0.717) is 19.3 Å². The topological polar surface area (TPSA) is 122 Å². The molecule has 7 atom stereocenters. The Morgan fingerprint density at radius 3 is 2.55 bits per heavy atom. The van der Waals surface area contributed by atoms with E-state index in [4.69, 9.17) is 23.4 Å². The standard InChI is InChI=1S/C24H28O9/c1-13-8-19(27)23(11-30-14(2)25)18(4-5-20(32-15(3)26)24(23)12-31-24)22(13)9-17(33-21(22)28)16-6-7-29-10-16/h6-7,10,13,17-18,20H,4-5,8-9,11-12H2,1-3H3/t13-,17?,18?,20?,22?,23?,24?/m1/s1. The van der Waals surface area contributed by atoms with Crippen LogP contribution >= 0.6 is 0 Å². The number of ketones is 1. The Bertz CT molecular complexity index is 994. The zero-order chi connectivity index (χ0) is 23.6. The van der Waals surface area contributed by atoms with Gasteiger partial charge in [-0.15, -0.1) is 0 Å². The van der Waals surface area contributed by atoms with E-state index in [1.165, 1.54) is 20.1 Å². The molecule has 0 N–H and O–H groups in total. The molecule has 4 aliphatic rings. The molecule has 6 unspecified atom stereocenters. The quantitative estimate of drug-likeness (QED) is 0.379. The van der Waals surface area contributed by atoms with Crippen LogP contribution in [0.5, 0.6) is 0 Å². The van der Waals surface area contributed by atoms with Crippen LogP contribution in [-0.2, 0) is 38.1 Å². The second-order valence-corrected chi connectivity index (χ2v) is 9.88. The molecule has 0 radical (unpaired) electrons. The molecule has 3 heterocycles. The summed E-state index contributed by atoms with van der Waals surface area (Å²) in [5.74, 6) is -2.24. The molecule has 0 amide bonds. The minimum absolute atomic E-state index is 0.114. The number of Topliss-reactive ketones (excluding diaryl/α,β-unsaturated/α-hetero) is 1. The van der Waals surface area contributed by atoms with Crippen LogP contribution in [0.3, 0.4) is 0 Å². The number of carbonyl (C=O) groups is 4. The van der Waals surface area contributed by atoms with Crippen molar-refractivity contribution < 1.29 is 42.5 Å². The third-order valence-corrected chi connectivity index (χ3v) is 8.41. The Hall–Kier alpha value is -2.68. The molecule has 178 valence electrons. The number of epoxide rings is 1. The molecule has 0 aromatic carbocycles. The van der Waals surface area contributed by atoms with Gasteiger partial charge in [-0.3, -0.25) is 19.2 Å². The maximum absolute atomic E-state index is 13.8. The summed E-state index contributed by atoms with van der Waals surface area (Å²) in [6.45, 7) is 4.48. The number of carbonyl (C=O) groups excluding carboxylic acids is 4. The lowest BCUT2D eigenvalue weighted by Gasteiger charge is -2.58. The van der Waals surface area contributed by atoms with Crippen LogP contribution in [0.1, 0.15) is 58.1 Å². The summed E-state index contributed by atoms with van der Waals surface area (Å²) >= 11 is 0. The lowest BCUT2D eigenvalue weighted by atomic mass is 9.42. The van der Waals surface area contributed by atoms with E-state index >= 15 is 0 Å². The molecule has 2 aliphatic carbocycles. The molecule has 1 aromatic rings. The van der Waals surface area contributed by atoms with Crippen molar-refractivity contribution in [1.29, 1.82) is 0 Å². The maximum Gasteiger partial charge on any atom is 0.313 e. The molecule has 4 fully saturated rings. The molecule has 2 saturated carbocycles. The van der Waals surface area contributed by atoms with Crippen molar-refractivity contribution in [2.24, 2.45) is 22.7 Å². The molecule has 9 heteroatoms. The van der Waals surface area contributed by atoms with Crippen molar-refractivity contribution in [3.63, 3.8) is 0 Å². The average molecular weight is 460 g/mol. The van der Waals surface area contributed by atoms with Crippen LogP contribution in [0.15, 0.2) is 23.0 Å². The number of esters is 3. The summed E-state index contributed by atoms with van der Waals surface area (Å²) in [6.07, 6.45) is 3.34. The van der Waals surface area contributed by atoms with E-state index < -0.39 is 46.5 Å². The minimum Gasteiger partial charge on any atom is -0.472 e. The molecule has 2 saturated heterocycles. The van der Waals surface area contributed by atoms with Crippen molar-refractivity contribution in [2.75, 3.05) is 13.2 Å². The first-order valence-electron chi connectivity index (χ1n) is 11.4. The molecular formula is C24H28O9. The monoisotopic (exact) mass is 460 g/mol. The summed E-state index contributed by atoms with van der Waals surface area (Å²) in [6, 6.07) is 1.77. The molecule has 5 rings (SSSR count). The van der Waals surface area contributed by atoms with E-state index in [2.05, 4.69) is 0 Å². The Morgan fingerprint density at radius 2 is 1.94 bits per heavy atom. The third kappa shape index (κ3) is 2.94. The molecule has 33 heavy (non-hydrogen) atoms. The van der Waals surface area contributed by atoms with Gasteiger partial charge in [-0.25, -0.2) is 0 Å². The molecule has 0 bridgehead atoms. The van der Waals surface area contributed by atoms with Gasteiger partial charge in [-0.2, -0.15) is 0 Å². The summed E-state index contributed by atoms with van der Waals surface area (Å²) in [7, 11) is 0. The Labute approximate surface area is 191 Å². The SMILES string of the molecule is CC(=O)OCC12C(=O)C[C@@H](C)C3(CC(c4ccoc4)OC3=O)C1CCC(OC(C)=O)C21CO1. The number of fused-ring (bicyclic) bond motifs is 3. The highest BCUT2D eigenvalue weighted by molar-refractivity contribution is 5.93. The first-order chi connectivity index (χ1) is 15.7. The fraction of sp³-hybridized carbons (Fsp3) is 0.667. The van der Waals surface area contributed by atoms with Gasteiger partial charge < -0.3 is 23.4 Å². The Kier molecular flexibility index (Phi) is 4.97. The zero-order valence-corrected chi connectivity index (χ0v) is 19.0. The molecule has 2 spiro atoms. The van der Waals surface area contributed by atoms with Crippen molar-refractivity contribution in [3.05, 3.63) is 24.2 Å². The van der Waals surface area contributed by atoms with Gasteiger partial charge >= 0.3 is 17.9 Å². The second-order valence-electron chi connectivity index (χ2n) is 9.88. The van der Waals surface area contributed by atoms with Crippen molar-refractivity contribution in [3.8, 4) is 0 Å². The van der Waals surface area contributed by atoms with Crippen LogP contribution in [0.2, 0.25) is 0 Å². The molecular weight excluding hydrogens is 432 g/mol. The number of hydrogen-bond acceptors (Lipinski definition) is 9. The number of furan rings is 1. The van der Waals surface area contributed by atoms with E-state index in [0.717, 1.165) is 5.56 Å². The number of cyclic esters (lactones) is 1. The number of rotatable bonds is 4. The second kappa shape index (κ2) is 7.41. The largest absolute Gasteiger partial charge is 0.472 e. The van der Waals surface area contributed by atoms with Crippen molar-refractivity contribution in [2.45, 2.75) is 64.3 Å². The Balaban J connectivity index is 1.62. The van der Waals surface area contributed by atoms with Gasteiger partial charge in [0.15, 0.2) is 0 Å². The normalized spacial score (nSPS) is 41.5. The average Bonchev–Trinajstić information content (AvgIpc) is 3.19. The summed E-state index contributed by atoms with van der Waals surface area (Å²) in [5.41, 5.74) is -2.61. The van der Waals surface area contributed by atoms with Crippen LogP contribution in [0, 0.1) is 22.7 Å². The molecule has 2 aliphatic heterocycles. The highest BCUT2D eigenvalue weighted by Crippen LogP contribution is 2.70. The molecule has 9 nitrogen and oxygen atoms in total. The van der Waals surface area contributed by atoms with Crippen molar-refractivity contribution >= 4 is 23.7 Å². The van der Waals surface area contributed by atoms with E-state index in [9.17, 15) is 19.2 Å². The van der Waals surface area contributed by atoms with Crippen molar-refractivity contribution in [1.82, 2.24) is 0 Å². The van der Waals surface area contributed by atoms with Gasteiger partial charge in [0.1, 0.15) is 35.6 Å².